The number of hydrogen-bond donors (Lipinski definition) is 4. The predicted octanol–water partition coefficient (Wildman–Crippen LogP) is 8.24. The zero-order chi connectivity index (χ0) is 33.2. The van der Waals surface area contributed by atoms with E-state index in [0.29, 0.717) is 51.6 Å². The number of aliphatic hydroxyl groups is 2. The Bertz CT molecular complexity index is 1760. The third kappa shape index (κ3) is 7.36. The highest BCUT2D eigenvalue weighted by Crippen LogP contribution is 2.46. The van der Waals surface area contributed by atoms with Crippen LogP contribution in [-0.2, 0) is 0 Å². The molecule has 0 amide bonds. The first-order chi connectivity index (χ1) is 21.8. The summed E-state index contributed by atoms with van der Waals surface area (Å²) in [5.41, 5.74) is 4.02. The number of benzene rings is 4. The Kier molecular flexibility index (Phi) is 10.0. The first-order valence-electron chi connectivity index (χ1n) is 15.4. The van der Waals surface area contributed by atoms with E-state index in [1.165, 1.54) is 23.5 Å². The number of anilines is 2. The Labute approximate surface area is 280 Å². The monoisotopic (exact) mass is 654 g/mol. The molecule has 8 heteroatoms. The summed E-state index contributed by atoms with van der Waals surface area (Å²) in [6.07, 6.45) is 0. The van der Waals surface area contributed by atoms with E-state index in [-0.39, 0.29) is 24.8 Å². The molecule has 0 aliphatic heterocycles. The van der Waals surface area contributed by atoms with Crippen LogP contribution in [0.5, 0.6) is 0 Å². The summed E-state index contributed by atoms with van der Waals surface area (Å²) in [7, 11) is 0. The van der Waals surface area contributed by atoms with Crippen molar-refractivity contribution in [1.29, 1.82) is 0 Å². The van der Waals surface area contributed by atoms with Gasteiger partial charge in [0.1, 0.15) is 0 Å². The van der Waals surface area contributed by atoms with E-state index >= 15 is 0 Å². The van der Waals surface area contributed by atoms with Gasteiger partial charge in [-0.1, -0.05) is 98.7 Å². The molecule has 0 bridgehead atoms. The van der Waals surface area contributed by atoms with E-state index in [2.05, 4.69) is 10.6 Å². The molecule has 0 atom stereocenters. The first-order valence-corrected chi connectivity index (χ1v) is 17.1. The molecular weight excluding hydrogens is 613 g/mol. The highest BCUT2D eigenvalue weighted by atomic mass is 32.2. The second kappa shape index (κ2) is 13.7. The summed E-state index contributed by atoms with van der Waals surface area (Å²) in [5, 5.41) is 27.0. The molecule has 4 aromatic carbocycles. The van der Waals surface area contributed by atoms with Crippen LogP contribution < -0.4 is 10.6 Å². The Morgan fingerprint density at radius 3 is 1.70 bits per heavy atom. The molecule has 0 fully saturated rings. The van der Waals surface area contributed by atoms with Crippen molar-refractivity contribution in [1.82, 2.24) is 0 Å². The van der Waals surface area contributed by atoms with Crippen LogP contribution in [0.1, 0.15) is 70.7 Å². The van der Waals surface area contributed by atoms with E-state index in [0.717, 1.165) is 25.8 Å². The van der Waals surface area contributed by atoms with Crippen LogP contribution in [0.3, 0.4) is 0 Å². The summed E-state index contributed by atoms with van der Waals surface area (Å²) >= 11 is 2.93. The molecule has 0 spiro atoms. The summed E-state index contributed by atoms with van der Waals surface area (Å²) in [6.45, 7) is 12.6. The van der Waals surface area contributed by atoms with Crippen molar-refractivity contribution in [2.75, 3.05) is 36.9 Å². The molecule has 0 saturated heterocycles. The standard InChI is InChI=1S/C38H42N2O4S2/c1-23-10-14-25(15-11-23)45-29-9-7-8-27-31(29)36(44)33-32(35(27)43)30(46-26-16-12-24(2)13-17-26)18-28(39-19-37(3,4)21-41)34(33)40-20-38(5,6)22-42/h7-18,39-42H,19-22H2,1-6H3. The van der Waals surface area contributed by atoms with Crippen LogP contribution in [0.15, 0.2) is 92.4 Å². The van der Waals surface area contributed by atoms with E-state index in [4.69, 9.17) is 0 Å². The fourth-order valence-electron chi connectivity index (χ4n) is 5.05. The third-order valence-corrected chi connectivity index (χ3v) is 10.2. The lowest BCUT2D eigenvalue weighted by Crippen LogP contribution is -2.31. The summed E-state index contributed by atoms with van der Waals surface area (Å²) < 4.78 is 0. The van der Waals surface area contributed by atoms with Gasteiger partial charge in [0.15, 0.2) is 11.6 Å². The number of fused-ring (bicyclic) bond motifs is 2. The van der Waals surface area contributed by atoms with Crippen LogP contribution in [-0.4, -0.2) is 48.1 Å². The fourth-order valence-corrected chi connectivity index (χ4v) is 7.03. The molecular formula is C38H42N2O4S2. The molecule has 0 radical (unpaired) electrons. The van der Waals surface area contributed by atoms with Gasteiger partial charge in [0.05, 0.1) is 16.9 Å². The van der Waals surface area contributed by atoms with Gasteiger partial charge < -0.3 is 20.8 Å². The molecule has 46 heavy (non-hydrogen) atoms. The van der Waals surface area contributed by atoms with Crippen LogP contribution in [0.2, 0.25) is 0 Å². The lowest BCUT2D eigenvalue weighted by molar-refractivity contribution is 0.0975. The third-order valence-electron chi connectivity index (χ3n) is 8.10. The number of aliphatic hydroxyl groups excluding tert-OH is 2. The summed E-state index contributed by atoms with van der Waals surface area (Å²) in [6, 6.07) is 23.6. The Morgan fingerprint density at radius 2 is 1.15 bits per heavy atom. The Balaban J connectivity index is 1.72. The second-order valence-electron chi connectivity index (χ2n) is 13.6. The highest BCUT2D eigenvalue weighted by molar-refractivity contribution is 7.99. The van der Waals surface area contributed by atoms with Crippen LogP contribution in [0.4, 0.5) is 11.4 Å². The van der Waals surface area contributed by atoms with E-state index in [1.54, 1.807) is 6.07 Å². The zero-order valence-corrected chi connectivity index (χ0v) is 28.9. The lowest BCUT2D eigenvalue weighted by atomic mass is 9.82. The van der Waals surface area contributed by atoms with Gasteiger partial charge in [-0.05, 0) is 50.2 Å². The number of carbonyl (C=O) groups excluding carboxylic acids is 2. The largest absolute Gasteiger partial charge is 0.396 e. The van der Waals surface area contributed by atoms with Gasteiger partial charge in [-0.2, -0.15) is 0 Å². The molecule has 0 unspecified atom stereocenters. The predicted molar refractivity (Wildman–Crippen MR) is 189 cm³/mol. The normalized spacial score (nSPS) is 13.0. The van der Waals surface area contributed by atoms with Crippen molar-refractivity contribution in [3.8, 4) is 0 Å². The molecule has 1 aliphatic carbocycles. The molecule has 0 aromatic heterocycles. The van der Waals surface area contributed by atoms with Crippen molar-refractivity contribution < 1.29 is 19.8 Å². The maximum Gasteiger partial charge on any atom is 0.197 e. The van der Waals surface area contributed by atoms with Gasteiger partial charge in [0.2, 0.25) is 0 Å². The van der Waals surface area contributed by atoms with E-state index < -0.39 is 10.8 Å². The fraction of sp³-hybridized carbons (Fsp3) is 0.316. The summed E-state index contributed by atoms with van der Waals surface area (Å²) in [5.74, 6) is -0.419. The summed E-state index contributed by atoms with van der Waals surface area (Å²) in [4.78, 5) is 32.7. The van der Waals surface area contributed by atoms with Crippen molar-refractivity contribution in [3.63, 3.8) is 0 Å². The average molecular weight is 655 g/mol. The molecule has 6 nitrogen and oxygen atoms in total. The minimum Gasteiger partial charge on any atom is -0.396 e. The average Bonchev–Trinajstić information content (AvgIpc) is 3.03. The number of ketones is 2. The van der Waals surface area contributed by atoms with Crippen LogP contribution in [0, 0.1) is 24.7 Å². The van der Waals surface area contributed by atoms with Gasteiger partial charge in [-0.25, -0.2) is 0 Å². The van der Waals surface area contributed by atoms with Gasteiger partial charge >= 0.3 is 0 Å². The smallest absolute Gasteiger partial charge is 0.197 e. The lowest BCUT2D eigenvalue weighted by Gasteiger charge is -2.30. The number of rotatable bonds is 12. The van der Waals surface area contributed by atoms with Gasteiger partial charge in [0.25, 0.3) is 0 Å². The van der Waals surface area contributed by atoms with Gasteiger partial charge in [-0.15, -0.1) is 0 Å². The molecule has 4 aromatic rings. The van der Waals surface area contributed by atoms with Crippen molar-refractivity contribution in [2.45, 2.75) is 61.1 Å². The zero-order valence-electron chi connectivity index (χ0n) is 27.3. The van der Waals surface area contributed by atoms with Crippen molar-refractivity contribution in [3.05, 3.63) is 106 Å². The second-order valence-corrected chi connectivity index (χ2v) is 15.8. The number of hydrogen-bond acceptors (Lipinski definition) is 8. The van der Waals surface area contributed by atoms with E-state index in [9.17, 15) is 19.8 Å². The molecule has 4 N–H and O–H groups in total. The van der Waals surface area contributed by atoms with E-state index in [1.807, 2.05) is 108 Å². The number of nitrogens with one attached hydrogen (secondary N) is 2. The minimum absolute atomic E-state index is 0.0272. The molecule has 0 saturated carbocycles. The quantitative estimate of drug-likeness (QED) is 0.107. The first kappa shape index (κ1) is 33.8. The van der Waals surface area contributed by atoms with Gasteiger partial charge in [0, 0.05) is 73.4 Å². The van der Waals surface area contributed by atoms with Gasteiger partial charge in [-0.3, -0.25) is 9.59 Å². The Morgan fingerprint density at radius 1 is 0.630 bits per heavy atom. The molecule has 5 rings (SSSR count). The Hall–Kier alpha value is -3.56. The molecule has 1 aliphatic rings. The highest BCUT2D eigenvalue weighted by Gasteiger charge is 2.38. The molecule has 0 heterocycles. The molecule has 240 valence electrons. The number of carbonyl (C=O) groups is 2. The van der Waals surface area contributed by atoms with Crippen LogP contribution in [0.25, 0.3) is 0 Å². The topological polar surface area (TPSA) is 98.7 Å². The SMILES string of the molecule is Cc1ccc(Sc2cccc3c2C(=O)c2c(NCC(C)(C)CO)c(NCC(C)(C)CO)cc(Sc4ccc(C)cc4)c2C3=O)cc1. The van der Waals surface area contributed by atoms with Crippen molar-refractivity contribution in [2.24, 2.45) is 10.8 Å². The van der Waals surface area contributed by atoms with Crippen LogP contribution >= 0.6 is 23.5 Å². The maximum absolute atomic E-state index is 14.9. The maximum atomic E-state index is 14.9. The minimum atomic E-state index is -0.490. The van der Waals surface area contributed by atoms with Crippen molar-refractivity contribution >= 4 is 46.5 Å². The number of aryl methyl sites for hydroxylation is 2.